The fourth-order valence-electron chi connectivity index (χ4n) is 5.03. The molecule has 0 atom stereocenters. The van der Waals surface area contributed by atoms with E-state index in [1.807, 2.05) is 25.1 Å². The molecule has 2 aromatic carbocycles. The van der Waals surface area contributed by atoms with Crippen molar-refractivity contribution in [3.05, 3.63) is 58.8 Å². The van der Waals surface area contributed by atoms with E-state index in [1.54, 1.807) is 0 Å². The normalized spacial score (nSPS) is 16.9. The number of hydrogen-bond donors (Lipinski definition) is 1. The number of ether oxygens (including phenoxy) is 2. The van der Waals surface area contributed by atoms with Crippen molar-refractivity contribution in [3.63, 3.8) is 0 Å². The van der Waals surface area contributed by atoms with Gasteiger partial charge in [-0.3, -0.25) is 14.4 Å². The van der Waals surface area contributed by atoms with Gasteiger partial charge in [0.15, 0.2) is 0 Å². The molecule has 0 radical (unpaired) electrons. The first-order chi connectivity index (χ1) is 17.3. The standard InChI is InChI=1S/C28H32ClN3O4/c1-17(2)32-25-7-4-19(12-24(25)18(3)30-32)15-35-22-5-6-23-26(13-22)36-16-21(27(23)29)14-31-10-8-20(9-11-31)28(33)34/h4-7,12-13,17,20H,8-11,14-16H2,1-3H3,(H,33,34). The molecular formula is C28H32ClN3O4. The largest absolute Gasteiger partial charge is 0.489 e. The average molecular weight is 510 g/mol. The van der Waals surface area contributed by atoms with Gasteiger partial charge in [-0.1, -0.05) is 17.7 Å². The maximum atomic E-state index is 11.2. The van der Waals surface area contributed by atoms with Crippen LogP contribution in [0.3, 0.4) is 0 Å². The van der Waals surface area contributed by atoms with E-state index in [9.17, 15) is 9.90 Å². The van der Waals surface area contributed by atoms with Gasteiger partial charge >= 0.3 is 5.97 Å². The lowest BCUT2D eigenvalue weighted by molar-refractivity contribution is -0.143. The first kappa shape index (κ1) is 24.7. The third-order valence-corrected chi connectivity index (χ3v) is 7.57. The molecule has 0 aliphatic carbocycles. The molecule has 3 heterocycles. The predicted molar refractivity (Wildman–Crippen MR) is 141 cm³/mol. The molecule has 36 heavy (non-hydrogen) atoms. The third kappa shape index (κ3) is 4.95. The molecule has 2 aliphatic heterocycles. The van der Waals surface area contributed by atoms with Crippen molar-refractivity contribution in [2.45, 2.75) is 46.3 Å². The summed E-state index contributed by atoms with van der Waals surface area (Å²) in [7, 11) is 0. The number of likely N-dealkylation sites (tertiary alicyclic amines) is 1. The number of rotatable bonds is 7. The molecule has 7 nitrogen and oxygen atoms in total. The van der Waals surface area contributed by atoms with Gasteiger partial charge in [-0.05, 0) is 76.5 Å². The van der Waals surface area contributed by atoms with Gasteiger partial charge in [0.05, 0.1) is 22.2 Å². The molecular weight excluding hydrogens is 478 g/mol. The first-order valence-electron chi connectivity index (χ1n) is 12.5. The zero-order valence-corrected chi connectivity index (χ0v) is 21.7. The van der Waals surface area contributed by atoms with Crippen LogP contribution in [0.15, 0.2) is 42.0 Å². The number of aromatic nitrogens is 2. The number of aryl methyl sites for hydroxylation is 1. The Morgan fingerprint density at radius 1 is 1.22 bits per heavy atom. The minimum Gasteiger partial charge on any atom is -0.489 e. The Bertz CT molecular complexity index is 1320. The van der Waals surface area contributed by atoms with Gasteiger partial charge < -0.3 is 14.6 Å². The van der Waals surface area contributed by atoms with Gasteiger partial charge in [-0.15, -0.1) is 0 Å². The van der Waals surface area contributed by atoms with E-state index < -0.39 is 5.97 Å². The quantitative estimate of drug-likeness (QED) is 0.444. The lowest BCUT2D eigenvalue weighted by atomic mass is 9.96. The van der Waals surface area contributed by atoms with Gasteiger partial charge in [0.25, 0.3) is 0 Å². The molecule has 5 rings (SSSR count). The molecule has 0 bridgehead atoms. The van der Waals surface area contributed by atoms with Crippen LogP contribution in [0.1, 0.15) is 49.6 Å². The molecule has 1 aromatic heterocycles. The Balaban J connectivity index is 1.25. The number of piperidine rings is 1. The van der Waals surface area contributed by atoms with E-state index in [-0.39, 0.29) is 5.92 Å². The van der Waals surface area contributed by atoms with E-state index in [2.05, 4.69) is 46.7 Å². The van der Waals surface area contributed by atoms with E-state index in [0.717, 1.165) is 57.9 Å². The summed E-state index contributed by atoms with van der Waals surface area (Å²) in [5.41, 5.74) is 5.13. The number of hydrogen-bond acceptors (Lipinski definition) is 5. The van der Waals surface area contributed by atoms with Gasteiger partial charge in [0.2, 0.25) is 0 Å². The highest BCUT2D eigenvalue weighted by atomic mass is 35.5. The second kappa shape index (κ2) is 10.1. The Morgan fingerprint density at radius 2 is 2.00 bits per heavy atom. The predicted octanol–water partition coefficient (Wildman–Crippen LogP) is 5.64. The average Bonchev–Trinajstić information content (AvgIpc) is 3.21. The highest BCUT2D eigenvalue weighted by molar-refractivity contribution is 6.49. The van der Waals surface area contributed by atoms with Crippen LogP contribution in [0.4, 0.5) is 0 Å². The number of aliphatic carboxylic acids is 1. The van der Waals surface area contributed by atoms with Gasteiger partial charge in [0, 0.05) is 35.2 Å². The number of benzene rings is 2. The summed E-state index contributed by atoms with van der Waals surface area (Å²) < 4.78 is 14.2. The van der Waals surface area contributed by atoms with Crippen molar-refractivity contribution in [2.24, 2.45) is 5.92 Å². The second-order valence-electron chi connectivity index (χ2n) is 10.0. The maximum Gasteiger partial charge on any atom is 0.306 e. The number of fused-ring (bicyclic) bond motifs is 2. The van der Waals surface area contributed by atoms with E-state index in [0.29, 0.717) is 43.7 Å². The zero-order chi connectivity index (χ0) is 25.4. The van der Waals surface area contributed by atoms with E-state index in [1.165, 1.54) is 0 Å². The molecule has 2 aliphatic rings. The summed E-state index contributed by atoms with van der Waals surface area (Å²) in [6.07, 6.45) is 1.34. The van der Waals surface area contributed by atoms with Crippen LogP contribution < -0.4 is 9.47 Å². The molecule has 0 unspecified atom stereocenters. The summed E-state index contributed by atoms with van der Waals surface area (Å²) in [6.45, 7) is 9.38. The van der Waals surface area contributed by atoms with Gasteiger partial charge in [-0.25, -0.2) is 0 Å². The Hall–Kier alpha value is -3.03. The van der Waals surface area contributed by atoms with E-state index >= 15 is 0 Å². The molecule has 0 amide bonds. The fraction of sp³-hybridized carbons (Fsp3) is 0.429. The van der Waals surface area contributed by atoms with Crippen LogP contribution in [-0.4, -0.2) is 52.0 Å². The van der Waals surface area contributed by atoms with Gasteiger partial charge in [-0.2, -0.15) is 5.10 Å². The number of halogens is 1. The minimum atomic E-state index is -0.697. The van der Waals surface area contributed by atoms with Crippen molar-refractivity contribution in [1.82, 2.24) is 14.7 Å². The highest BCUT2D eigenvalue weighted by Gasteiger charge is 2.27. The van der Waals surface area contributed by atoms with Crippen LogP contribution in [0.2, 0.25) is 0 Å². The molecule has 1 N–H and O–H groups in total. The van der Waals surface area contributed by atoms with Crippen molar-refractivity contribution in [1.29, 1.82) is 0 Å². The SMILES string of the molecule is Cc1nn(C(C)C)c2ccc(COc3ccc4c(c3)OCC(CN3CCC(C(=O)O)CC3)=C4Cl)cc12. The molecule has 8 heteroatoms. The van der Waals surface area contributed by atoms with Crippen LogP contribution in [0.5, 0.6) is 11.5 Å². The van der Waals surface area contributed by atoms with Crippen molar-refractivity contribution in [2.75, 3.05) is 26.2 Å². The molecule has 0 saturated carbocycles. The fourth-order valence-corrected chi connectivity index (χ4v) is 5.30. The molecule has 0 spiro atoms. The van der Waals surface area contributed by atoms with Crippen LogP contribution in [0, 0.1) is 12.8 Å². The van der Waals surface area contributed by atoms with Crippen LogP contribution >= 0.6 is 11.6 Å². The zero-order valence-electron chi connectivity index (χ0n) is 21.0. The molecule has 1 fully saturated rings. The number of carboxylic acid groups (broad SMARTS) is 1. The first-order valence-corrected chi connectivity index (χ1v) is 12.9. The summed E-state index contributed by atoms with van der Waals surface area (Å²) in [5, 5.41) is 15.7. The monoisotopic (exact) mass is 509 g/mol. The lowest BCUT2D eigenvalue weighted by Gasteiger charge is -2.32. The summed E-state index contributed by atoms with van der Waals surface area (Å²) in [6, 6.07) is 12.4. The Labute approximate surface area is 216 Å². The van der Waals surface area contributed by atoms with E-state index in [4.69, 9.17) is 21.1 Å². The minimum absolute atomic E-state index is 0.240. The van der Waals surface area contributed by atoms with Crippen molar-refractivity contribution < 1.29 is 19.4 Å². The molecule has 1 saturated heterocycles. The second-order valence-corrected chi connectivity index (χ2v) is 10.4. The van der Waals surface area contributed by atoms with Crippen LogP contribution in [-0.2, 0) is 11.4 Å². The Morgan fingerprint density at radius 3 is 2.72 bits per heavy atom. The van der Waals surface area contributed by atoms with Crippen LogP contribution in [0.25, 0.3) is 15.9 Å². The smallest absolute Gasteiger partial charge is 0.306 e. The summed E-state index contributed by atoms with van der Waals surface area (Å²) >= 11 is 6.76. The number of carbonyl (C=O) groups is 1. The van der Waals surface area contributed by atoms with Crippen molar-refractivity contribution >= 4 is 33.5 Å². The van der Waals surface area contributed by atoms with Crippen molar-refractivity contribution in [3.8, 4) is 11.5 Å². The molecule has 3 aromatic rings. The summed E-state index contributed by atoms with van der Waals surface area (Å²) in [4.78, 5) is 13.5. The Kier molecular flexibility index (Phi) is 6.95. The third-order valence-electron chi connectivity index (χ3n) is 7.10. The number of carboxylic acids is 1. The highest BCUT2D eigenvalue weighted by Crippen LogP contribution is 2.38. The van der Waals surface area contributed by atoms with Gasteiger partial charge in [0.1, 0.15) is 24.7 Å². The maximum absolute atomic E-state index is 11.2. The summed E-state index contributed by atoms with van der Waals surface area (Å²) in [5.74, 6) is 0.511. The topological polar surface area (TPSA) is 76.8 Å². The lowest BCUT2D eigenvalue weighted by Crippen LogP contribution is -2.38. The molecule has 190 valence electrons. The number of nitrogens with zero attached hydrogens (tertiary/aromatic N) is 3.